The van der Waals surface area contributed by atoms with Gasteiger partial charge in [-0.1, -0.05) is 0 Å². The van der Waals surface area contributed by atoms with Crippen molar-refractivity contribution in [1.29, 1.82) is 4.78 Å². The molecule has 0 aliphatic carbocycles. The van der Waals surface area contributed by atoms with E-state index in [9.17, 15) is 8.60 Å². The quantitative estimate of drug-likeness (QED) is 0.869. The van der Waals surface area contributed by atoms with Crippen molar-refractivity contribution in [3.63, 3.8) is 0 Å². The van der Waals surface area contributed by atoms with E-state index in [-0.39, 0.29) is 16.7 Å². The van der Waals surface area contributed by atoms with Crippen LogP contribution < -0.4 is 4.74 Å². The number of benzene rings is 1. The van der Waals surface area contributed by atoms with Crippen LogP contribution in [0.3, 0.4) is 0 Å². The van der Waals surface area contributed by atoms with Crippen molar-refractivity contribution in [3.8, 4) is 5.75 Å². The molecule has 0 fully saturated rings. The van der Waals surface area contributed by atoms with Gasteiger partial charge in [-0.2, -0.15) is 0 Å². The Bertz CT molecular complexity index is 454. The van der Waals surface area contributed by atoms with Gasteiger partial charge in [-0.25, -0.2) is 13.4 Å². The molecule has 1 N–H and O–H groups in total. The van der Waals surface area contributed by atoms with Crippen LogP contribution in [0.1, 0.15) is 13.8 Å². The summed E-state index contributed by atoms with van der Waals surface area (Å²) < 4.78 is 37.2. The summed E-state index contributed by atoms with van der Waals surface area (Å²) in [6.07, 6.45) is 1.14. The Kier molecular flexibility index (Phi) is 3.34. The Balaban J connectivity index is 3.09. The number of ether oxygens (including phenoxy) is 1. The molecule has 1 rings (SSSR count). The van der Waals surface area contributed by atoms with Crippen LogP contribution in [0.5, 0.6) is 5.75 Å². The second-order valence-electron chi connectivity index (χ2n) is 3.60. The number of hydrogen-bond donors (Lipinski definition) is 1. The molecule has 1 unspecified atom stereocenters. The number of hydrogen-bond acceptors (Lipinski definition) is 3. The summed E-state index contributed by atoms with van der Waals surface area (Å²) in [5, 5.41) is 0. The summed E-state index contributed by atoms with van der Waals surface area (Å²) in [5.41, 5.74) is 0. The van der Waals surface area contributed by atoms with Gasteiger partial charge in [0.25, 0.3) is 0 Å². The molecular weight excluding hydrogens is 217 g/mol. The van der Waals surface area contributed by atoms with Gasteiger partial charge in [-0.3, -0.25) is 0 Å². The van der Waals surface area contributed by atoms with Crippen LogP contribution in [0.25, 0.3) is 0 Å². The minimum atomic E-state index is -2.87. The summed E-state index contributed by atoms with van der Waals surface area (Å²) in [6, 6.07) is 3.95. The van der Waals surface area contributed by atoms with E-state index < -0.39 is 15.5 Å². The van der Waals surface area contributed by atoms with Crippen molar-refractivity contribution in [3.05, 3.63) is 24.0 Å². The smallest absolute Gasteiger partial charge is 0.166 e. The molecule has 0 amide bonds. The maximum Gasteiger partial charge on any atom is 0.166 e. The summed E-state index contributed by atoms with van der Waals surface area (Å²) in [6.45, 7) is 3.58. The maximum atomic E-state index is 13.4. The first-order valence-corrected chi connectivity index (χ1v) is 6.47. The Morgan fingerprint density at radius 1 is 1.47 bits per heavy atom. The summed E-state index contributed by atoms with van der Waals surface area (Å²) >= 11 is 0. The molecule has 0 aromatic heterocycles. The molecule has 1 aromatic carbocycles. The Morgan fingerprint density at radius 3 is 2.47 bits per heavy atom. The van der Waals surface area contributed by atoms with Gasteiger partial charge in [0.15, 0.2) is 11.6 Å². The summed E-state index contributed by atoms with van der Waals surface area (Å²) in [7, 11) is -2.87. The highest BCUT2D eigenvalue weighted by Crippen LogP contribution is 2.22. The molecule has 3 nitrogen and oxygen atoms in total. The average Bonchev–Trinajstić information content (AvgIpc) is 2.05. The lowest BCUT2D eigenvalue weighted by Crippen LogP contribution is -2.07. The maximum absolute atomic E-state index is 13.4. The van der Waals surface area contributed by atoms with E-state index in [0.29, 0.717) is 0 Å². The highest BCUT2D eigenvalue weighted by molar-refractivity contribution is 7.91. The predicted molar refractivity (Wildman–Crippen MR) is 57.2 cm³/mol. The van der Waals surface area contributed by atoms with Crippen LogP contribution in [0.4, 0.5) is 4.39 Å². The lowest BCUT2D eigenvalue weighted by molar-refractivity contribution is 0.231. The Hall–Kier alpha value is -1.10. The molecule has 0 aliphatic rings. The largest absolute Gasteiger partial charge is 0.488 e. The van der Waals surface area contributed by atoms with Crippen LogP contribution in [-0.2, 0) is 9.73 Å². The number of halogens is 1. The first kappa shape index (κ1) is 12.0. The molecule has 84 valence electrons. The van der Waals surface area contributed by atoms with Gasteiger partial charge >= 0.3 is 0 Å². The van der Waals surface area contributed by atoms with E-state index in [1.807, 2.05) is 0 Å². The first-order chi connectivity index (χ1) is 6.80. The second kappa shape index (κ2) is 4.18. The zero-order valence-electron chi connectivity index (χ0n) is 8.91. The van der Waals surface area contributed by atoms with E-state index in [1.165, 1.54) is 18.4 Å². The van der Waals surface area contributed by atoms with Gasteiger partial charge in [0.1, 0.15) is 0 Å². The summed E-state index contributed by atoms with van der Waals surface area (Å²) in [5.74, 6) is -0.458. The number of nitrogens with one attached hydrogen (secondary N) is 1. The van der Waals surface area contributed by atoms with Crippen LogP contribution in [0, 0.1) is 10.6 Å². The van der Waals surface area contributed by atoms with Gasteiger partial charge in [-0.15, -0.1) is 0 Å². The molecule has 0 aliphatic heterocycles. The molecule has 5 heteroatoms. The monoisotopic (exact) mass is 231 g/mol. The van der Waals surface area contributed by atoms with Crippen molar-refractivity contribution in [2.24, 2.45) is 0 Å². The molecule has 0 bridgehead atoms. The molecule has 1 atom stereocenters. The fourth-order valence-electron chi connectivity index (χ4n) is 1.07. The third-order valence-corrected chi connectivity index (χ3v) is 2.87. The molecule has 1 aromatic rings. The van der Waals surface area contributed by atoms with Gasteiger partial charge in [-0.05, 0) is 32.0 Å². The van der Waals surface area contributed by atoms with Crippen molar-refractivity contribution in [2.45, 2.75) is 24.8 Å². The van der Waals surface area contributed by atoms with Crippen molar-refractivity contribution in [1.82, 2.24) is 0 Å². The molecule has 0 heterocycles. The van der Waals surface area contributed by atoms with Gasteiger partial charge in [0.2, 0.25) is 0 Å². The van der Waals surface area contributed by atoms with Crippen molar-refractivity contribution >= 4 is 9.73 Å². The summed E-state index contributed by atoms with van der Waals surface area (Å²) in [4.78, 5) is 0.177. The third-order valence-electron chi connectivity index (χ3n) is 1.72. The molecule has 0 saturated carbocycles. The van der Waals surface area contributed by atoms with E-state index >= 15 is 0 Å². The lowest BCUT2D eigenvalue weighted by Gasteiger charge is -2.11. The predicted octanol–water partition coefficient (Wildman–Crippen LogP) is 2.65. The Labute approximate surface area is 89.2 Å². The number of rotatable bonds is 3. The lowest BCUT2D eigenvalue weighted by atomic mass is 10.3. The fourth-order valence-corrected chi connectivity index (χ4v) is 1.73. The molecular formula is C10H14FNO2S. The van der Waals surface area contributed by atoms with Gasteiger partial charge in [0.05, 0.1) is 20.7 Å². The third kappa shape index (κ3) is 3.20. The second-order valence-corrected chi connectivity index (χ2v) is 5.76. The minimum absolute atomic E-state index is 0.118. The highest BCUT2D eigenvalue weighted by Gasteiger charge is 2.10. The minimum Gasteiger partial charge on any atom is -0.488 e. The highest BCUT2D eigenvalue weighted by atomic mass is 32.2. The Morgan fingerprint density at radius 2 is 2.07 bits per heavy atom. The van der Waals surface area contributed by atoms with Gasteiger partial charge in [0, 0.05) is 6.26 Å². The van der Waals surface area contributed by atoms with E-state index in [2.05, 4.69) is 0 Å². The average molecular weight is 231 g/mol. The molecule has 0 radical (unpaired) electrons. The molecule has 0 spiro atoms. The first-order valence-electron chi connectivity index (χ1n) is 4.50. The molecule has 15 heavy (non-hydrogen) atoms. The zero-order valence-corrected chi connectivity index (χ0v) is 9.73. The van der Waals surface area contributed by atoms with E-state index in [0.717, 1.165) is 6.07 Å². The van der Waals surface area contributed by atoms with Crippen LogP contribution in [-0.4, -0.2) is 16.6 Å². The van der Waals surface area contributed by atoms with Gasteiger partial charge < -0.3 is 4.74 Å². The zero-order chi connectivity index (χ0) is 11.6. The standard InChI is InChI=1S/C10H14FNO2S/c1-7(2)14-10-5-4-8(6-9(10)11)15(3,12)13/h4-7,12H,1-3H3. The normalized spacial score (nSPS) is 15.0. The van der Waals surface area contributed by atoms with Crippen LogP contribution in [0.15, 0.2) is 23.1 Å². The fraction of sp³-hybridized carbons (Fsp3) is 0.400. The van der Waals surface area contributed by atoms with Crippen LogP contribution in [0.2, 0.25) is 0 Å². The van der Waals surface area contributed by atoms with E-state index in [4.69, 9.17) is 9.52 Å². The topological polar surface area (TPSA) is 50.1 Å². The SMILES string of the molecule is CC(C)Oc1ccc(S(C)(=N)=O)cc1F. The van der Waals surface area contributed by atoms with Crippen LogP contribution >= 0.6 is 0 Å². The molecule has 0 saturated heterocycles. The van der Waals surface area contributed by atoms with Crippen molar-refractivity contribution < 1.29 is 13.3 Å². The van der Waals surface area contributed by atoms with E-state index in [1.54, 1.807) is 13.8 Å². The van der Waals surface area contributed by atoms with Crippen molar-refractivity contribution in [2.75, 3.05) is 6.26 Å².